The van der Waals surface area contributed by atoms with E-state index < -0.39 is 0 Å². The van der Waals surface area contributed by atoms with Gasteiger partial charge < -0.3 is 19.4 Å². The Bertz CT molecular complexity index is 403. The van der Waals surface area contributed by atoms with E-state index in [0.29, 0.717) is 24.1 Å². The molecule has 1 heterocycles. The van der Waals surface area contributed by atoms with Gasteiger partial charge in [-0.2, -0.15) is 0 Å². The van der Waals surface area contributed by atoms with E-state index in [1.54, 1.807) is 6.07 Å². The maximum absolute atomic E-state index is 11.3. The van der Waals surface area contributed by atoms with Gasteiger partial charge in [-0.15, -0.1) is 0 Å². The molecule has 1 aromatic rings. The van der Waals surface area contributed by atoms with Gasteiger partial charge in [0.1, 0.15) is 12.0 Å². The molecule has 0 saturated heterocycles. The van der Waals surface area contributed by atoms with Crippen molar-refractivity contribution in [3.8, 4) is 0 Å². The summed E-state index contributed by atoms with van der Waals surface area (Å²) < 4.78 is 10.0. The molecule has 0 aliphatic carbocycles. The summed E-state index contributed by atoms with van der Waals surface area (Å²) in [7, 11) is 5.50. The van der Waals surface area contributed by atoms with Crippen molar-refractivity contribution in [2.75, 3.05) is 27.7 Å². The van der Waals surface area contributed by atoms with Crippen LogP contribution in [0.1, 0.15) is 36.4 Å². The van der Waals surface area contributed by atoms with E-state index in [1.807, 2.05) is 0 Å². The molecule has 20 heavy (non-hydrogen) atoms. The van der Waals surface area contributed by atoms with E-state index in [9.17, 15) is 4.79 Å². The topological polar surface area (TPSA) is 54.7 Å². The van der Waals surface area contributed by atoms with Crippen LogP contribution in [0.5, 0.6) is 0 Å². The largest absolute Gasteiger partial charge is 0.467 e. The molecule has 114 valence electrons. The van der Waals surface area contributed by atoms with Crippen LogP contribution < -0.4 is 5.32 Å². The third-order valence-electron chi connectivity index (χ3n) is 2.98. The number of hydrogen-bond acceptors (Lipinski definition) is 5. The third-order valence-corrected chi connectivity index (χ3v) is 2.98. The first kappa shape index (κ1) is 16.7. The summed E-state index contributed by atoms with van der Waals surface area (Å²) in [5.74, 6) is 1.01. The Balaban J connectivity index is 2.53. The first-order valence-corrected chi connectivity index (χ1v) is 6.96. The van der Waals surface area contributed by atoms with Crippen LogP contribution in [0.2, 0.25) is 0 Å². The SMILES string of the molecule is COC(=O)c1coc(CNC(CC(C)C)CN(C)C)c1. The predicted molar refractivity (Wildman–Crippen MR) is 78.7 cm³/mol. The lowest BCUT2D eigenvalue weighted by atomic mass is 10.0. The van der Waals surface area contributed by atoms with E-state index in [2.05, 4.69) is 42.9 Å². The Morgan fingerprint density at radius 2 is 2.15 bits per heavy atom. The summed E-state index contributed by atoms with van der Waals surface area (Å²) >= 11 is 0. The molecule has 1 N–H and O–H groups in total. The third kappa shape index (κ3) is 5.75. The summed E-state index contributed by atoms with van der Waals surface area (Å²) in [6, 6.07) is 2.12. The van der Waals surface area contributed by atoms with Crippen molar-refractivity contribution in [1.29, 1.82) is 0 Å². The van der Waals surface area contributed by atoms with Crippen molar-refractivity contribution in [3.05, 3.63) is 23.7 Å². The number of nitrogens with one attached hydrogen (secondary N) is 1. The molecule has 0 aromatic carbocycles. The maximum atomic E-state index is 11.3. The number of likely N-dealkylation sites (N-methyl/N-ethyl adjacent to an activating group) is 1. The molecule has 0 saturated carbocycles. The Hall–Kier alpha value is -1.33. The number of carbonyl (C=O) groups excluding carboxylic acids is 1. The fourth-order valence-electron chi connectivity index (χ4n) is 2.18. The minimum Gasteiger partial charge on any atom is -0.467 e. The van der Waals surface area contributed by atoms with Crippen LogP contribution in [0.25, 0.3) is 0 Å². The second-order valence-electron chi connectivity index (χ2n) is 5.76. The van der Waals surface area contributed by atoms with Gasteiger partial charge in [0.25, 0.3) is 0 Å². The highest BCUT2D eigenvalue weighted by Gasteiger charge is 2.14. The van der Waals surface area contributed by atoms with Gasteiger partial charge in [-0.05, 0) is 32.5 Å². The van der Waals surface area contributed by atoms with Crippen molar-refractivity contribution < 1.29 is 13.9 Å². The van der Waals surface area contributed by atoms with Crippen molar-refractivity contribution in [3.63, 3.8) is 0 Å². The monoisotopic (exact) mass is 282 g/mol. The molecule has 0 bridgehead atoms. The van der Waals surface area contributed by atoms with Gasteiger partial charge in [-0.25, -0.2) is 4.79 Å². The Labute approximate surface area is 121 Å². The van der Waals surface area contributed by atoms with E-state index >= 15 is 0 Å². The number of nitrogens with zero attached hydrogens (tertiary/aromatic N) is 1. The Kier molecular flexibility index (Phi) is 6.75. The number of rotatable bonds is 8. The number of hydrogen-bond donors (Lipinski definition) is 1. The summed E-state index contributed by atoms with van der Waals surface area (Å²) in [5.41, 5.74) is 0.456. The first-order chi connectivity index (χ1) is 9.42. The Morgan fingerprint density at radius 3 is 2.70 bits per heavy atom. The first-order valence-electron chi connectivity index (χ1n) is 6.96. The molecule has 5 nitrogen and oxygen atoms in total. The normalized spacial score (nSPS) is 12.9. The smallest absolute Gasteiger partial charge is 0.341 e. The second kappa shape index (κ2) is 8.07. The lowest BCUT2D eigenvalue weighted by Gasteiger charge is -2.23. The number of furan rings is 1. The van der Waals surface area contributed by atoms with Crippen LogP contribution in [0.15, 0.2) is 16.7 Å². The molecule has 0 radical (unpaired) electrons. The fourth-order valence-corrected chi connectivity index (χ4v) is 2.18. The van der Waals surface area contributed by atoms with Crippen LogP contribution in [-0.2, 0) is 11.3 Å². The van der Waals surface area contributed by atoms with E-state index in [0.717, 1.165) is 18.7 Å². The van der Waals surface area contributed by atoms with E-state index in [4.69, 9.17) is 4.42 Å². The molecule has 1 unspecified atom stereocenters. The molecular weight excluding hydrogens is 256 g/mol. The van der Waals surface area contributed by atoms with E-state index in [-0.39, 0.29) is 5.97 Å². The number of carbonyl (C=O) groups is 1. The minimum atomic E-state index is -0.368. The predicted octanol–water partition coefficient (Wildman–Crippen LogP) is 2.13. The van der Waals surface area contributed by atoms with Gasteiger partial charge in [0.15, 0.2) is 0 Å². The van der Waals surface area contributed by atoms with Crippen LogP contribution in [-0.4, -0.2) is 44.7 Å². The minimum absolute atomic E-state index is 0.368. The maximum Gasteiger partial charge on any atom is 0.341 e. The molecule has 0 fully saturated rings. The highest BCUT2D eigenvalue weighted by molar-refractivity contribution is 5.88. The summed E-state index contributed by atoms with van der Waals surface area (Å²) in [6.45, 7) is 6.02. The van der Waals surface area contributed by atoms with Crippen LogP contribution in [0.4, 0.5) is 0 Å². The molecule has 0 amide bonds. The lowest BCUT2D eigenvalue weighted by Crippen LogP contribution is -2.38. The zero-order chi connectivity index (χ0) is 15.1. The zero-order valence-corrected chi connectivity index (χ0v) is 13.1. The van der Waals surface area contributed by atoms with Gasteiger partial charge in [-0.1, -0.05) is 13.8 Å². The molecule has 0 spiro atoms. The fraction of sp³-hybridized carbons (Fsp3) is 0.667. The molecule has 0 aliphatic heterocycles. The molecule has 0 aliphatic rings. The number of ether oxygens (including phenoxy) is 1. The Morgan fingerprint density at radius 1 is 1.45 bits per heavy atom. The summed E-state index contributed by atoms with van der Waals surface area (Å²) in [4.78, 5) is 13.5. The van der Waals surface area contributed by atoms with Gasteiger partial charge >= 0.3 is 5.97 Å². The van der Waals surface area contributed by atoms with Crippen LogP contribution in [0.3, 0.4) is 0 Å². The average molecular weight is 282 g/mol. The van der Waals surface area contributed by atoms with Crippen molar-refractivity contribution in [2.45, 2.75) is 32.9 Å². The number of esters is 1. The number of methoxy groups -OCH3 is 1. The second-order valence-corrected chi connectivity index (χ2v) is 5.76. The van der Waals surface area contributed by atoms with Crippen molar-refractivity contribution >= 4 is 5.97 Å². The van der Waals surface area contributed by atoms with Crippen LogP contribution >= 0.6 is 0 Å². The summed E-state index contributed by atoms with van der Waals surface area (Å²) in [5, 5.41) is 3.48. The quantitative estimate of drug-likeness (QED) is 0.740. The van der Waals surface area contributed by atoms with Crippen molar-refractivity contribution in [2.24, 2.45) is 5.92 Å². The highest BCUT2D eigenvalue weighted by atomic mass is 16.5. The zero-order valence-electron chi connectivity index (χ0n) is 13.1. The molecule has 1 aromatic heterocycles. The van der Waals surface area contributed by atoms with Gasteiger partial charge in [0.2, 0.25) is 0 Å². The van der Waals surface area contributed by atoms with Crippen molar-refractivity contribution in [1.82, 2.24) is 10.2 Å². The summed E-state index contributed by atoms with van der Waals surface area (Å²) in [6.07, 6.45) is 2.54. The molecule has 1 atom stereocenters. The van der Waals surface area contributed by atoms with Gasteiger partial charge in [-0.3, -0.25) is 0 Å². The average Bonchev–Trinajstić information content (AvgIpc) is 2.82. The molecule has 1 rings (SSSR count). The van der Waals surface area contributed by atoms with Gasteiger partial charge in [0, 0.05) is 12.6 Å². The highest BCUT2D eigenvalue weighted by Crippen LogP contribution is 2.11. The van der Waals surface area contributed by atoms with Gasteiger partial charge in [0.05, 0.1) is 19.2 Å². The lowest BCUT2D eigenvalue weighted by molar-refractivity contribution is 0.0600. The molecule has 5 heteroatoms. The standard InChI is InChI=1S/C15H26N2O3/c1-11(2)6-13(9-17(3)4)16-8-14-7-12(10-20-14)15(18)19-5/h7,10-11,13,16H,6,8-9H2,1-5H3. The molecular formula is C15H26N2O3. The van der Waals surface area contributed by atoms with Crippen LogP contribution in [0, 0.1) is 5.92 Å². The van der Waals surface area contributed by atoms with E-state index in [1.165, 1.54) is 13.4 Å².